The summed E-state index contributed by atoms with van der Waals surface area (Å²) in [6.45, 7) is 0.859. The van der Waals surface area contributed by atoms with Crippen LogP contribution in [-0.4, -0.2) is 12.6 Å². The molecule has 2 aliphatic carbocycles. The fourth-order valence-corrected chi connectivity index (χ4v) is 3.46. The van der Waals surface area contributed by atoms with Crippen LogP contribution in [0.1, 0.15) is 56.4 Å². The van der Waals surface area contributed by atoms with E-state index in [-0.39, 0.29) is 5.92 Å². The van der Waals surface area contributed by atoms with Gasteiger partial charge in [0.25, 0.3) is 0 Å². The van der Waals surface area contributed by atoms with Crippen molar-refractivity contribution in [3.05, 3.63) is 35.4 Å². The normalized spacial score (nSPS) is 21.9. The van der Waals surface area contributed by atoms with Crippen LogP contribution in [0.2, 0.25) is 0 Å². The highest BCUT2D eigenvalue weighted by Crippen LogP contribution is 2.36. The molecule has 1 unspecified atom stereocenters. The third-order valence-electron chi connectivity index (χ3n) is 4.74. The van der Waals surface area contributed by atoms with Gasteiger partial charge in [0, 0.05) is 18.7 Å². The lowest BCUT2D eigenvalue weighted by molar-refractivity contribution is 0.295. The summed E-state index contributed by atoms with van der Waals surface area (Å²) < 4.78 is 27.0. The predicted octanol–water partition coefficient (Wildman–Crippen LogP) is 4.38. The molecule has 0 aliphatic heterocycles. The van der Waals surface area contributed by atoms with Crippen molar-refractivity contribution in [2.24, 2.45) is 5.92 Å². The first-order valence-corrected chi connectivity index (χ1v) is 7.92. The molecule has 2 aliphatic rings. The zero-order valence-corrected chi connectivity index (χ0v) is 11.9. The molecule has 0 radical (unpaired) electrons. The van der Waals surface area contributed by atoms with E-state index in [9.17, 15) is 8.78 Å². The van der Waals surface area contributed by atoms with Crippen molar-refractivity contribution in [1.29, 1.82) is 0 Å². The van der Waals surface area contributed by atoms with E-state index in [1.165, 1.54) is 57.1 Å². The van der Waals surface area contributed by atoms with Gasteiger partial charge in [-0.3, -0.25) is 0 Å². The summed E-state index contributed by atoms with van der Waals surface area (Å²) in [6, 6.07) is 4.66. The average molecular weight is 279 g/mol. The number of nitrogens with one attached hydrogen (secondary N) is 1. The summed E-state index contributed by atoms with van der Waals surface area (Å²) in [5.41, 5.74) is 0.836. The smallest absolute Gasteiger partial charge is 0.126 e. The largest absolute Gasteiger partial charge is 0.313 e. The lowest BCUT2D eigenvalue weighted by Crippen LogP contribution is -2.29. The number of hydrogen-bond donors (Lipinski definition) is 1. The molecule has 1 aromatic rings. The molecule has 20 heavy (non-hydrogen) atoms. The fraction of sp³-hybridized carbons (Fsp3) is 0.647. The second kappa shape index (κ2) is 6.21. The van der Waals surface area contributed by atoms with Gasteiger partial charge >= 0.3 is 0 Å². The van der Waals surface area contributed by atoms with E-state index in [1.54, 1.807) is 0 Å². The van der Waals surface area contributed by atoms with Crippen LogP contribution in [0.25, 0.3) is 0 Å². The number of rotatable bonds is 5. The summed E-state index contributed by atoms with van der Waals surface area (Å²) in [4.78, 5) is 0. The Labute approximate surface area is 119 Å². The molecule has 3 heteroatoms. The Hall–Kier alpha value is -0.960. The van der Waals surface area contributed by atoms with E-state index in [4.69, 9.17) is 0 Å². The van der Waals surface area contributed by atoms with Crippen LogP contribution in [0.15, 0.2) is 18.2 Å². The first-order valence-electron chi connectivity index (χ1n) is 7.92. The molecule has 1 nitrogen and oxygen atoms in total. The second-order valence-corrected chi connectivity index (χ2v) is 6.39. The first kappa shape index (κ1) is 14.0. The van der Waals surface area contributed by atoms with Crippen LogP contribution in [0.3, 0.4) is 0 Å². The van der Waals surface area contributed by atoms with Gasteiger partial charge in [-0.2, -0.15) is 0 Å². The summed E-state index contributed by atoms with van der Waals surface area (Å²) >= 11 is 0. The fourth-order valence-electron chi connectivity index (χ4n) is 3.46. The maximum Gasteiger partial charge on any atom is 0.126 e. The molecule has 0 spiro atoms. The van der Waals surface area contributed by atoms with E-state index in [0.717, 1.165) is 18.2 Å². The third-order valence-corrected chi connectivity index (χ3v) is 4.74. The number of hydrogen-bond acceptors (Lipinski definition) is 1. The van der Waals surface area contributed by atoms with Gasteiger partial charge in [0.05, 0.1) is 0 Å². The zero-order valence-electron chi connectivity index (χ0n) is 11.9. The Morgan fingerprint density at radius 3 is 2.20 bits per heavy atom. The maximum absolute atomic E-state index is 13.5. The topological polar surface area (TPSA) is 12.0 Å². The third kappa shape index (κ3) is 3.57. The Morgan fingerprint density at radius 2 is 1.60 bits per heavy atom. The van der Waals surface area contributed by atoms with Gasteiger partial charge in [-0.05, 0) is 55.2 Å². The van der Waals surface area contributed by atoms with E-state index < -0.39 is 11.6 Å². The standard InChI is InChI=1S/C17H23F2N/c18-14-8-13(9-15(19)10-14)17(11-20-16-6-7-16)12-4-2-1-3-5-12/h8-10,12,16-17,20H,1-7,11H2. The van der Waals surface area contributed by atoms with Gasteiger partial charge < -0.3 is 5.32 Å². The summed E-state index contributed by atoms with van der Waals surface area (Å²) in [5, 5.41) is 3.55. The first-order chi connectivity index (χ1) is 9.72. The van der Waals surface area contributed by atoms with E-state index in [2.05, 4.69) is 5.32 Å². The molecule has 2 saturated carbocycles. The van der Waals surface area contributed by atoms with Crippen molar-refractivity contribution in [1.82, 2.24) is 5.32 Å². The predicted molar refractivity (Wildman–Crippen MR) is 76.7 cm³/mol. The molecule has 0 bridgehead atoms. The molecule has 0 aromatic heterocycles. The monoisotopic (exact) mass is 279 g/mol. The second-order valence-electron chi connectivity index (χ2n) is 6.39. The molecule has 3 rings (SSSR count). The van der Waals surface area contributed by atoms with Crippen molar-refractivity contribution in [2.45, 2.75) is 56.9 Å². The van der Waals surface area contributed by atoms with Gasteiger partial charge in [-0.15, -0.1) is 0 Å². The van der Waals surface area contributed by atoms with Gasteiger partial charge in [-0.1, -0.05) is 19.3 Å². The van der Waals surface area contributed by atoms with Crippen LogP contribution >= 0.6 is 0 Å². The highest BCUT2D eigenvalue weighted by atomic mass is 19.1. The molecule has 1 atom stereocenters. The summed E-state index contributed by atoms with van der Waals surface area (Å²) in [7, 11) is 0. The minimum absolute atomic E-state index is 0.251. The van der Waals surface area contributed by atoms with Gasteiger partial charge in [0.1, 0.15) is 11.6 Å². The zero-order chi connectivity index (χ0) is 13.9. The summed E-state index contributed by atoms with van der Waals surface area (Å²) in [5.74, 6) is -0.0863. The van der Waals surface area contributed by atoms with Crippen molar-refractivity contribution in [3.8, 4) is 0 Å². The molecule has 110 valence electrons. The molecule has 0 saturated heterocycles. The average Bonchev–Trinajstić information content (AvgIpc) is 3.23. The Bertz CT molecular complexity index is 430. The van der Waals surface area contributed by atoms with Crippen molar-refractivity contribution in [2.75, 3.05) is 6.54 Å². The van der Waals surface area contributed by atoms with Crippen LogP contribution < -0.4 is 5.32 Å². The van der Waals surface area contributed by atoms with Gasteiger partial charge in [0.2, 0.25) is 0 Å². The van der Waals surface area contributed by atoms with Crippen LogP contribution in [0.5, 0.6) is 0 Å². The van der Waals surface area contributed by atoms with E-state index >= 15 is 0 Å². The molecule has 2 fully saturated rings. The Balaban J connectivity index is 1.77. The quantitative estimate of drug-likeness (QED) is 0.843. The van der Waals surface area contributed by atoms with Crippen LogP contribution in [-0.2, 0) is 0 Å². The van der Waals surface area contributed by atoms with E-state index in [1.807, 2.05) is 0 Å². The minimum Gasteiger partial charge on any atom is -0.313 e. The van der Waals surface area contributed by atoms with Crippen LogP contribution in [0, 0.1) is 17.6 Å². The molecule has 0 heterocycles. The SMILES string of the molecule is Fc1cc(F)cc(C(CNC2CC2)C2CCCCC2)c1. The van der Waals surface area contributed by atoms with Crippen LogP contribution in [0.4, 0.5) is 8.78 Å². The number of halogens is 2. The molecular weight excluding hydrogens is 256 g/mol. The lowest BCUT2D eigenvalue weighted by Gasteiger charge is -2.31. The maximum atomic E-state index is 13.5. The molecule has 1 aromatic carbocycles. The van der Waals surface area contributed by atoms with Gasteiger partial charge in [0.15, 0.2) is 0 Å². The highest BCUT2D eigenvalue weighted by Gasteiger charge is 2.28. The van der Waals surface area contributed by atoms with Crippen molar-refractivity contribution >= 4 is 0 Å². The summed E-state index contributed by atoms with van der Waals surface area (Å²) in [6.07, 6.45) is 8.68. The van der Waals surface area contributed by atoms with Gasteiger partial charge in [-0.25, -0.2) is 8.78 Å². The lowest BCUT2D eigenvalue weighted by atomic mass is 9.76. The molecule has 1 N–H and O–H groups in total. The van der Waals surface area contributed by atoms with Crippen molar-refractivity contribution < 1.29 is 8.78 Å². The van der Waals surface area contributed by atoms with E-state index in [0.29, 0.717) is 12.0 Å². The Morgan fingerprint density at radius 1 is 0.950 bits per heavy atom. The Kier molecular flexibility index (Phi) is 4.35. The number of benzene rings is 1. The minimum atomic E-state index is -0.452. The van der Waals surface area contributed by atoms with Crippen molar-refractivity contribution in [3.63, 3.8) is 0 Å². The molecular formula is C17H23F2N. The highest BCUT2D eigenvalue weighted by molar-refractivity contribution is 5.23. The molecule has 0 amide bonds.